The smallest absolute Gasteiger partial charge is 0.135 e. The highest BCUT2D eigenvalue weighted by molar-refractivity contribution is 9.10. The van der Waals surface area contributed by atoms with Gasteiger partial charge >= 0.3 is 0 Å². The van der Waals surface area contributed by atoms with Gasteiger partial charge in [0.25, 0.3) is 0 Å². The van der Waals surface area contributed by atoms with Crippen molar-refractivity contribution in [2.45, 2.75) is 65.3 Å². The molecule has 0 saturated heterocycles. The van der Waals surface area contributed by atoms with Crippen LogP contribution in [-0.2, 0) is 0 Å². The average Bonchev–Trinajstić information content (AvgIpc) is 2.92. The molecule has 1 N–H and O–H groups in total. The molecule has 1 aliphatic carbocycles. The van der Waals surface area contributed by atoms with Crippen LogP contribution in [0, 0.1) is 5.41 Å². The second-order valence-electron chi connectivity index (χ2n) is 7.45. The lowest BCUT2D eigenvalue weighted by molar-refractivity contribution is 0.302. The van der Waals surface area contributed by atoms with Crippen molar-refractivity contribution in [2.75, 3.05) is 5.32 Å². The van der Waals surface area contributed by atoms with Gasteiger partial charge in [-0.2, -0.15) is 0 Å². The van der Waals surface area contributed by atoms with Gasteiger partial charge in [-0.3, -0.25) is 0 Å². The highest BCUT2D eigenvalue weighted by Gasteiger charge is 2.29. The first-order chi connectivity index (χ1) is 8.65. The molecule has 106 valence electrons. The predicted molar refractivity (Wildman–Crippen MR) is 83.5 cm³/mol. The molecule has 0 spiro atoms. The lowest BCUT2D eigenvalue weighted by atomic mass is 9.82. The van der Waals surface area contributed by atoms with Crippen molar-refractivity contribution in [3.63, 3.8) is 0 Å². The van der Waals surface area contributed by atoms with Gasteiger partial charge in [-0.15, -0.1) is 0 Å². The Hall–Kier alpha value is -0.640. The standard InChI is InChI=1S/C15H24BrN3/c1-14(2,3)9-15(4,5)19-12-8-11(16)17-13(18-12)10-6-7-10/h8,10H,6-7,9H2,1-5H3,(H,17,18,19). The van der Waals surface area contributed by atoms with Gasteiger partial charge in [0.2, 0.25) is 0 Å². The maximum absolute atomic E-state index is 4.66. The molecule has 1 heterocycles. The van der Waals surface area contributed by atoms with E-state index in [-0.39, 0.29) is 5.54 Å². The van der Waals surface area contributed by atoms with Crippen LogP contribution in [0.1, 0.15) is 65.6 Å². The summed E-state index contributed by atoms with van der Waals surface area (Å²) < 4.78 is 0.874. The van der Waals surface area contributed by atoms with Crippen LogP contribution in [0.15, 0.2) is 10.7 Å². The third kappa shape index (κ3) is 4.75. The molecule has 0 radical (unpaired) electrons. The second-order valence-corrected chi connectivity index (χ2v) is 8.27. The molecule has 2 rings (SSSR count). The summed E-state index contributed by atoms with van der Waals surface area (Å²) in [6, 6.07) is 1.97. The maximum atomic E-state index is 4.66. The fourth-order valence-corrected chi connectivity index (χ4v) is 3.14. The van der Waals surface area contributed by atoms with Crippen molar-refractivity contribution >= 4 is 21.7 Å². The summed E-state index contributed by atoms with van der Waals surface area (Å²) in [5.74, 6) is 2.48. The molecule has 0 bridgehead atoms. The van der Waals surface area contributed by atoms with Crippen LogP contribution >= 0.6 is 15.9 Å². The summed E-state index contributed by atoms with van der Waals surface area (Å²) in [5.41, 5.74) is 0.312. The summed E-state index contributed by atoms with van der Waals surface area (Å²) in [5, 5.41) is 3.56. The first-order valence-electron chi connectivity index (χ1n) is 6.97. The number of nitrogens with zero attached hydrogens (tertiary/aromatic N) is 2. The zero-order chi connectivity index (χ0) is 14.3. The number of hydrogen-bond donors (Lipinski definition) is 1. The average molecular weight is 326 g/mol. The molecule has 1 aromatic rings. The minimum Gasteiger partial charge on any atom is -0.365 e. The molecule has 3 nitrogen and oxygen atoms in total. The van der Waals surface area contributed by atoms with Crippen LogP contribution in [-0.4, -0.2) is 15.5 Å². The molecule has 0 aromatic carbocycles. The number of hydrogen-bond acceptors (Lipinski definition) is 3. The number of aromatic nitrogens is 2. The van der Waals surface area contributed by atoms with Crippen molar-refractivity contribution in [2.24, 2.45) is 5.41 Å². The van der Waals surface area contributed by atoms with Crippen LogP contribution in [0.4, 0.5) is 5.82 Å². The van der Waals surface area contributed by atoms with E-state index in [0.29, 0.717) is 11.3 Å². The van der Waals surface area contributed by atoms with Crippen LogP contribution in [0.25, 0.3) is 0 Å². The van der Waals surface area contributed by atoms with Gasteiger partial charge in [-0.1, -0.05) is 20.8 Å². The SMILES string of the molecule is CC(C)(C)CC(C)(C)Nc1cc(Br)nc(C2CC2)n1. The Labute approximate surface area is 124 Å². The Balaban J connectivity index is 2.13. The van der Waals surface area contributed by atoms with Crippen LogP contribution in [0.2, 0.25) is 0 Å². The summed E-state index contributed by atoms with van der Waals surface area (Å²) in [6.45, 7) is 11.3. The van der Waals surface area contributed by atoms with E-state index in [1.807, 2.05) is 6.07 Å². The zero-order valence-electron chi connectivity index (χ0n) is 12.5. The molecule has 1 aliphatic rings. The summed E-state index contributed by atoms with van der Waals surface area (Å²) in [6.07, 6.45) is 3.53. The van der Waals surface area contributed by atoms with Crippen molar-refractivity contribution in [3.8, 4) is 0 Å². The molecule has 0 aliphatic heterocycles. The highest BCUT2D eigenvalue weighted by atomic mass is 79.9. The van der Waals surface area contributed by atoms with Crippen LogP contribution in [0.5, 0.6) is 0 Å². The molecule has 1 saturated carbocycles. The summed E-state index contributed by atoms with van der Waals surface area (Å²) >= 11 is 3.49. The Morgan fingerprint density at radius 2 is 1.84 bits per heavy atom. The number of rotatable bonds is 4. The molecule has 0 atom stereocenters. The van der Waals surface area contributed by atoms with E-state index in [1.54, 1.807) is 0 Å². The Kier molecular flexibility index (Phi) is 3.92. The fraction of sp³-hybridized carbons (Fsp3) is 0.733. The first-order valence-corrected chi connectivity index (χ1v) is 7.77. The van der Waals surface area contributed by atoms with Gasteiger partial charge in [0.05, 0.1) is 0 Å². The third-order valence-electron chi connectivity index (χ3n) is 3.09. The minimum absolute atomic E-state index is 0.0207. The van der Waals surface area contributed by atoms with E-state index in [2.05, 4.69) is 65.8 Å². The van der Waals surface area contributed by atoms with E-state index in [9.17, 15) is 0 Å². The summed E-state index contributed by atoms with van der Waals surface area (Å²) in [4.78, 5) is 9.12. The molecular weight excluding hydrogens is 302 g/mol. The Bertz CT molecular complexity index is 459. The van der Waals surface area contributed by atoms with Gasteiger partial charge in [-0.25, -0.2) is 9.97 Å². The lowest BCUT2D eigenvalue weighted by Crippen LogP contribution is -2.35. The maximum Gasteiger partial charge on any atom is 0.135 e. The van der Waals surface area contributed by atoms with Crippen LogP contribution in [0.3, 0.4) is 0 Å². The molecule has 4 heteroatoms. The topological polar surface area (TPSA) is 37.8 Å². The second kappa shape index (κ2) is 5.04. The van der Waals surface area contributed by atoms with Gasteiger partial charge in [0.15, 0.2) is 0 Å². The van der Waals surface area contributed by atoms with E-state index in [4.69, 9.17) is 0 Å². The summed E-state index contributed by atoms with van der Waals surface area (Å²) in [7, 11) is 0. The predicted octanol–water partition coefficient (Wildman–Crippen LogP) is 4.74. The van der Waals surface area contributed by atoms with Crippen molar-refractivity contribution < 1.29 is 0 Å². The van der Waals surface area contributed by atoms with Crippen molar-refractivity contribution in [1.29, 1.82) is 0 Å². The zero-order valence-corrected chi connectivity index (χ0v) is 14.1. The fourth-order valence-electron chi connectivity index (χ4n) is 2.74. The molecule has 0 unspecified atom stereocenters. The largest absolute Gasteiger partial charge is 0.365 e. The van der Waals surface area contributed by atoms with E-state index >= 15 is 0 Å². The molecule has 1 fully saturated rings. The van der Waals surface area contributed by atoms with Gasteiger partial charge in [0.1, 0.15) is 16.2 Å². The molecular formula is C15H24BrN3. The van der Waals surface area contributed by atoms with Crippen molar-refractivity contribution in [1.82, 2.24) is 9.97 Å². The van der Waals surface area contributed by atoms with Gasteiger partial charge in [-0.05, 0) is 54.5 Å². The van der Waals surface area contributed by atoms with Gasteiger partial charge in [0, 0.05) is 17.5 Å². The van der Waals surface area contributed by atoms with E-state index in [1.165, 1.54) is 12.8 Å². The van der Waals surface area contributed by atoms with Crippen LogP contribution < -0.4 is 5.32 Å². The normalized spacial score (nSPS) is 16.5. The Morgan fingerprint density at radius 1 is 1.21 bits per heavy atom. The number of halogens is 1. The number of anilines is 1. The highest BCUT2D eigenvalue weighted by Crippen LogP contribution is 2.39. The molecule has 1 aromatic heterocycles. The first kappa shape index (κ1) is 14.8. The van der Waals surface area contributed by atoms with Gasteiger partial charge < -0.3 is 5.32 Å². The number of nitrogens with one attached hydrogen (secondary N) is 1. The monoisotopic (exact) mass is 325 g/mol. The Morgan fingerprint density at radius 3 is 2.37 bits per heavy atom. The van der Waals surface area contributed by atoms with E-state index in [0.717, 1.165) is 22.7 Å². The minimum atomic E-state index is 0.0207. The lowest BCUT2D eigenvalue weighted by Gasteiger charge is -2.33. The van der Waals surface area contributed by atoms with Crippen molar-refractivity contribution in [3.05, 3.63) is 16.5 Å². The molecule has 0 amide bonds. The quantitative estimate of drug-likeness (QED) is 0.812. The third-order valence-corrected chi connectivity index (χ3v) is 3.50. The van der Waals surface area contributed by atoms with E-state index < -0.39 is 0 Å². The molecule has 19 heavy (non-hydrogen) atoms.